The molecule has 1 saturated carbocycles. The Morgan fingerprint density at radius 3 is 2.84 bits per heavy atom. The van der Waals surface area contributed by atoms with Gasteiger partial charge in [-0.15, -0.1) is 0 Å². The Labute approximate surface area is 111 Å². The van der Waals surface area contributed by atoms with Gasteiger partial charge in [-0.3, -0.25) is 0 Å². The predicted octanol–water partition coefficient (Wildman–Crippen LogP) is 3.15. The average molecular weight is 256 g/mol. The maximum Gasteiger partial charge on any atom is 0.339 e. The van der Waals surface area contributed by atoms with Crippen LogP contribution < -0.4 is 5.32 Å². The molecule has 4 heteroatoms. The first kappa shape index (κ1) is 12.0. The van der Waals surface area contributed by atoms with Crippen LogP contribution in [0.4, 0.5) is 5.82 Å². The zero-order valence-corrected chi connectivity index (χ0v) is 10.8. The molecule has 3 rings (SSSR count). The Hall–Kier alpha value is -2.10. The molecule has 1 aliphatic carbocycles. The van der Waals surface area contributed by atoms with E-state index in [0.29, 0.717) is 11.2 Å². The SMILES string of the molecule is CC1(CNc2nc3ccccc3cc2C(=O)O)CC1. The van der Waals surface area contributed by atoms with Crippen molar-refractivity contribution in [1.29, 1.82) is 0 Å². The Balaban J connectivity index is 1.99. The van der Waals surface area contributed by atoms with Crippen LogP contribution in [0, 0.1) is 5.41 Å². The third-order valence-electron chi connectivity index (χ3n) is 3.74. The maximum absolute atomic E-state index is 11.3. The normalized spacial score (nSPS) is 16.3. The lowest BCUT2D eigenvalue weighted by molar-refractivity contribution is 0.0697. The van der Waals surface area contributed by atoms with E-state index in [0.717, 1.165) is 17.4 Å². The molecular weight excluding hydrogens is 240 g/mol. The van der Waals surface area contributed by atoms with Gasteiger partial charge in [0.25, 0.3) is 0 Å². The lowest BCUT2D eigenvalue weighted by Gasteiger charge is -2.13. The van der Waals surface area contributed by atoms with Gasteiger partial charge in [-0.1, -0.05) is 25.1 Å². The number of nitrogens with zero attached hydrogens (tertiary/aromatic N) is 1. The number of aromatic carboxylic acids is 1. The van der Waals surface area contributed by atoms with Crippen molar-refractivity contribution >= 4 is 22.7 Å². The monoisotopic (exact) mass is 256 g/mol. The molecule has 0 spiro atoms. The molecule has 1 aromatic heterocycles. The van der Waals surface area contributed by atoms with Crippen molar-refractivity contribution < 1.29 is 9.90 Å². The number of hydrogen-bond donors (Lipinski definition) is 2. The standard InChI is InChI=1S/C15H16N2O2/c1-15(6-7-15)9-16-13-11(14(18)19)8-10-4-2-3-5-12(10)17-13/h2-5,8H,6-7,9H2,1H3,(H,16,17)(H,18,19). The number of fused-ring (bicyclic) bond motifs is 1. The van der Waals surface area contributed by atoms with Crippen LogP contribution in [-0.4, -0.2) is 22.6 Å². The maximum atomic E-state index is 11.3. The lowest BCUT2D eigenvalue weighted by atomic mass is 10.1. The first-order chi connectivity index (χ1) is 9.07. The number of pyridine rings is 1. The summed E-state index contributed by atoms with van der Waals surface area (Å²) in [5, 5.41) is 13.3. The van der Waals surface area contributed by atoms with Crippen LogP contribution in [-0.2, 0) is 0 Å². The number of hydrogen-bond acceptors (Lipinski definition) is 3. The number of carboxylic acids is 1. The number of aromatic nitrogens is 1. The summed E-state index contributed by atoms with van der Waals surface area (Å²) >= 11 is 0. The zero-order valence-electron chi connectivity index (χ0n) is 10.8. The van der Waals surface area contributed by atoms with Gasteiger partial charge >= 0.3 is 5.97 Å². The summed E-state index contributed by atoms with van der Waals surface area (Å²) in [6.45, 7) is 2.97. The van der Waals surface area contributed by atoms with E-state index in [-0.39, 0.29) is 5.56 Å². The first-order valence-electron chi connectivity index (χ1n) is 6.44. The van der Waals surface area contributed by atoms with Gasteiger partial charge in [0.1, 0.15) is 11.4 Å². The molecule has 1 heterocycles. The summed E-state index contributed by atoms with van der Waals surface area (Å²) in [5.41, 5.74) is 1.36. The smallest absolute Gasteiger partial charge is 0.339 e. The van der Waals surface area contributed by atoms with E-state index in [1.165, 1.54) is 12.8 Å². The molecular formula is C15H16N2O2. The number of benzene rings is 1. The van der Waals surface area contributed by atoms with Gasteiger partial charge in [-0.2, -0.15) is 0 Å². The summed E-state index contributed by atoms with van der Waals surface area (Å²) in [7, 11) is 0. The number of rotatable bonds is 4. The lowest BCUT2D eigenvalue weighted by Crippen LogP contribution is -2.15. The summed E-state index contributed by atoms with van der Waals surface area (Å²) in [5.74, 6) is -0.471. The van der Waals surface area contributed by atoms with E-state index < -0.39 is 5.97 Å². The van der Waals surface area contributed by atoms with Gasteiger partial charge in [0.15, 0.2) is 0 Å². The molecule has 0 aliphatic heterocycles. The van der Waals surface area contributed by atoms with Gasteiger partial charge in [-0.25, -0.2) is 9.78 Å². The number of anilines is 1. The van der Waals surface area contributed by atoms with E-state index >= 15 is 0 Å². The molecule has 4 nitrogen and oxygen atoms in total. The molecule has 0 radical (unpaired) electrons. The van der Waals surface area contributed by atoms with Crippen LogP contribution in [0.15, 0.2) is 30.3 Å². The second kappa shape index (κ2) is 4.23. The van der Waals surface area contributed by atoms with Crippen molar-refractivity contribution in [3.63, 3.8) is 0 Å². The second-order valence-corrected chi connectivity index (χ2v) is 5.55. The molecule has 0 amide bonds. The molecule has 1 fully saturated rings. The quantitative estimate of drug-likeness (QED) is 0.882. The van der Waals surface area contributed by atoms with Crippen molar-refractivity contribution in [2.45, 2.75) is 19.8 Å². The largest absolute Gasteiger partial charge is 0.478 e. The Kier molecular flexibility index (Phi) is 2.66. The molecule has 98 valence electrons. The minimum atomic E-state index is -0.943. The van der Waals surface area contributed by atoms with E-state index in [9.17, 15) is 9.90 Å². The number of para-hydroxylation sites is 1. The first-order valence-corrected chi connectivity index (χ1v) is 6.44. The Morgan fingerprint density at radius 1 is 1.42 bits per heavy atom. The molecule has 0 unspecified atom stereocenters. The summed E-state index contributed by atoms with van der Waals surface area (Å²) < 4.78 is 0. The fraction of sp³-hybridized carbons (Fsp3) is 0.333. The van der Waals surface area contributed by atoms with Gasteiger partial charge in [0.05, 0.1) is 5.52 Å². The summed E-state index contributed by atoms with van der Waals surface area (Å²) in [6.07, 6.45) is 2.38. The molecule has 2 aromatic rings. The Bertz CT molecular complexity index is 648. The van der Waals surface area contributed by atoms with Crippen molar-refractivity contribution in [1.82, 2.24) is 4.98 Å². The molecule has 0 saturated heterocycles. The fourth-order valence-electron chi connectivity index (χ4n) is 2.10. The Morgan fingerprint density at radius 2 is 2.16 bits per heavy atom. The number of nitrogens with one attached hydrogen (secondary N) is 1. The van der Waals surface area contributed by atoms with Crippen molar-refractivity contribution in [3.8, 4) is 0 Å². The van der Waals surface area contributed by atoms with Gasteiger partial charge in [-0.05, 0) is 30.4 Å². The molecule has 0 bridgehead atoms. The molecule has 0 atom stereocenters. The summed E-state index contributed by atoms with van der Waals surface area (Å²) in [4.78, 5) is 15.8. The van der Waals surface area contributed by atoms with E-state index in [4.69, 9.17) is 0 Å². The van der Waals surface area contributed by atoms with E-state index in [1.54, 1.807) is 6.07 Å². The van der Waals surface area contributed by atoms with Crippen LogP contribution in [0.1, 0.15) is 30.1 Å². The summed E-state index contributed by atoms with van der Waals surface area (Å²) in [6, 6.07) is 9.24. The topological polar surface area (TPSA) is 62.2 Å². The fourth-order valence-corrected chi connectivity index (χ4v) is 2.10. The number of carbonyl (C=O) groups is 1. The third kappa shape index (κ3) is 2.38. The molecule has 1 aliphatic rings. The highest BCUT2D eigenvalue weighted by Crippen LogP contribution is 2.44. The van der Waals surface area contributed by atoms with Gasteiger partial charge in [0.2, 0.25) is 0 Å². The van der Waals surface area contributed by atoms with Gasteiger partial charge in [0, 0.05) is 11.9 Å². The average Bonchev–Trinajstić information content (AvgIpc) is 3.13. The second-order valence-electron chi connectivity index (χ2n) is 5.55. The van der Waals surface area contributed by atoms with Crippen LogP contribution >= 0.6 is 0 Å². The van der Waals surface area contributed by atoms with Crippen molar-refractivity contribution in [2.24, 2.45) is 5.41 Å². The molecule has 1 aromatic carbocycles. The highest BCUT2D eigenvalue weighted by molar-refractivity contribution is 5.98. The highest BCUT2D eigenvalue weighted by Gasteiger charge is 2.37. The van der Waals surface area contributed by atoms with Crippen molar-refractivity contribution in [2.75, 3.05) is 11.9 Å². The minimum absolute atomic E-state index is 0.239. The van der Waals surface area contributed by atoms with Gasteiger partial charge < -0.3 is 10.4 Å². The van der Waals surface area contributed by atoms with Crippen molar-refractivity contribution in [3.05, 3.63) is 35.9 Å². The molecule has 2 N–H and O–H groups in total. The van der Waals surface area contributed by atoms with E-state index in [1.807, 2.05) is 24.3 Å². The van der Waals surface area contributed by atoms with Crippen LogP contribution in [0.25, 0.3) is 10.9 Å². The van der Waals surface area contributed by atoms with Crippen LogP contribution in [0.2, 0.25) is 0 Å². The minimum Gasteiger partial charge on any atom is -0.478 e. The van der Waals surface area contributed by atoms with E-state index in [2.05, 4.69) is 17.2 Å². The molecule has 19 heavy (non-hydrogen) atoms. The van der Waals surface area contributed by atoms with Crippen LogP contribution in [0.3, 0.4) is 0 Å². The zero-order chi connectivity index (χ0) is 13.5. The highest BCUT2D eigenvalue weighted by atomic mass is 16.4. The van der Waals surface area contributed by atoms with Crippen LogP contribution in [0.5, 0.6) is 0 Å². The third-order valence-corrected chi connectivity index (χ3v) is 3.74. The number of carboxylic acid groups (broad SMARTS) is 1. The predicted molar refractivity (Wildman–Crippen MR) is 74.5 cm³/mol.